The lowest BCUT2D eigenvalue weighted by Gasteiger charge is -2.43. The minimum Gasteiger partial charge on any atom is -0.484 e. The van der Waals surface area contributed by atoms with Crippen LogP contribution in [0.25, 0.3) is 11.1 Å². The van der Waals surface area contributed by atoms with Crippen molar-refractivity contribution < 1.29 is 4.74 Å². The van der Waals surface area contributed by atoms with Crippen molar-refractivity contribution in [2.45, 2.75) is 100 Å². The molecule has 1 aliphatic heterocycles. The number of rotatable bonds is 6. The van der Waals surface area contributed by atoms with Crippen LogP contribution in [0, 0.1) is 5.92 Å². The van der Waals surface area contributed by atoms with Crippen molar-refractivity contribution in [3.05, 3.63) is 266 Å². The van der Waals surface area contributed by atoms with Crippen LogP contribution in [0.3, 0.4) is 0 Å². The maximum atomic E-state index is 6.72. The Bertz CT molecular complexity index is 3150. The zero-order valence-corrected chi connectivity index (χ0v) is 38.3. The first-order valence-electron chi connectivity index (χ1n) is 25.4. The van der Waals surface area contributed by atoms with E-state index in [1.54, 1.807) is 44.6 Å². The second kappa shape index (κ2) is 15.7. The first kappa shape index (κ1) is 39.5. The Morgan fingerprint density at radius 3 is 2.40 bits per heavy atom. The highest BCUT2D eigenvalue weighted by Crippen LogP contribution is 2.67. The number of allylic oxidation sites excluding steroid dienone is 25. The summed E-state index contributed by atoms with van der Waals surface area (Å²) in [4.78, 5) is 2.77. The molecule has 2 nitrogen and oxygen atoms in total. The minimum atomic E-state index is -0.163. The molecule has 6 unspecified atom stereocenters. The molecule has 3 aromatic rings. The van der Waals surface area contributed by atoms with Crippen LogP contribution >= 0.6 is 0 Å². The van der Waals surface area contributed by atoms with Gasteiger partial charge >= 0.3 is 0 Å². The number of hydrogen-bond donors (Lipinski definition) is 0. The predicted molar refractivity (Wildman–Crippen MR) is 274 cm³/mol. The fourth-order valence-electron chi connectivity index (χ4n) is 14.1. The molecule has 1 spiro atoms. The molecular formula is C65H57NO. The molecular weight excluding hydrogens is 811 g/mol. The van der Waals surface area contributed by atoms with E-state index in [4.69, 9.17) is 4.74 Å². The Balaban J connectivity index is 0.816. The molecule has 0 bridgehead atoms. The van der Waals surface area contributed by atoms with Gasteiger partial charge in [0.15, 0.2) is 0 Å². The van der Waals surface area contributed by atoms with Gasteiger partial charge in [0.25, 0.3) is 0 Å². The third-order valence-electron chi connectivity index (χ3n) is 17.2. The number of nitrogens with zero attached hydrogens (tertiary/aromatic N) is 1. The van der Waals surface area contributed by atoms with Crippen LogP contribution < -0.4 is 4.74 Å². The normalized spacial score (nSPS) is 29.2. The number of ether oxygens (including phenoxy) is 1. The lowest BCUT2D eigenvalue weighted by molar-refractivity contribution is 0.268. The average Bonchev–Trinajstić information content (AvgIpc) is 4.03. The zero-order chi connectivity index (χ0) is 44.1. The quantitative estimate of drug-likeness (QED) is 0.245. The van der Waals surface area contributed by atoms with Crippen LogP contribution in [0.15, 0.2) is 249 Å². The second-order valence-corrected chi connectivity index (χ2v) is 20.5. The average molecular weight is 868 g/mol. The van der Waals surface area contributed by atoms with Crippen LogP contribution in [0.1, 0.15) is 99.2 Å². The summed E-state index contributed by atoms with van der Waals surface area (Å²) < 4.78 is 6.72. The maximum Gasteiger partial charge on any atom is 0.132 e. The minimum absolute atomic E-state index is 0.0333. The second-order valence-electron chi connectivity index (χ2n) is 20.5. The van der Waals surface area contributed by atoms with Gasteiger partial charge in [0.05, 0.1) is 11.5 Å². The van der Waals surface area contributed by atoms with E-state index in [9.17, 15) is 0 Å². The number of hydrogen-bond acceptors (Lipinski definition) is 2. The summed E-state index contributed by atoms with van der Waals surface area (Å²) in [6, 6.07) is 27.1. The molecule has 2 heteroatoms. The molecule has 0 fully saturated rings. The molecule has 1 heterocycles. The molecule has 0 amide bonds. The molecule has 14 rings (SSSR count). The monoisotopic (exact) mass is 867 g/mol. The lowest BCUT2D eigenvalue weighted by Crippen LogP contribution is -2.38. The van der Waals surface area contributed by atoms with E-state index in [1.807, 2.05) is 0 Å². The van der Waals surface area contributed by atoms with Gasteiger partial charge in [0.1, 0.15) is 11.9 Å². The fraction of sp³-hybridized carbons (Fsp3) is 0.262. The summed E-state index contributed by atoms with van der Waals surface area (Å²) in [7, 11) is 0. The third-order valence-corrected chi connectivity index (χ3v) is 17.2. The van der Waals surface area contributed by atoms with Crippen molar-refractivity contribution in [3.63, 3.8) is 0 Å². The summed E-state index contributed by atoms with van der Waals surface area (Å²) in [5, 5.41) is 0. The Hall–Kier alpha value is -6.64. The standard InChI is InChI=1S/C65H57NO/c1-2-14-45(15-3-1)52-20-12-21-57-58-40-48(31-38-63(58)67-64(52)57)44-29-34-50(35-30-44)66(49-32-27-43(28-33-49)47-26-25-42-13-4-5-16-46(42)39-47)51-36-37-56-55-19-8-11-24-61(55)65(62(56)41-51)59-22-9-6-17-53(59)54-18-7-10-23-60(54)65/h1-4,6-10,12-15,17,19-23,27,29,31-32,34-40,44,51,54,58,63H,5,11,16,18,24-26,28,30,33,41H2. The highest BCUT2D eigenvalue weighted by atomic mass is 16.5. The molecule has 6 atom stereocenters. The van der Waals surface area contributed by atoms with Crippen LogP contribution in [0.4, 0.5) is 0 Å². The van der Waals surface area contributed by atoms with Gasteiger partial charge in [0, 0.05) is 40.3 Å². The van der Waals surface area contributed by atoms with Gasteiger partial charge < -0.3 is 9.64 Å². The Labute approximate surface area is 396 Å². The van der Waals surface area contributed by atoms with Gasteiger partial charge in [-0.15, -0.1) is 0 Å². The number of para-hydroxylation sites is 1. The van der Waals surface area contributed by atoms with Crippen LogP contribution in [-0.4, -0.2) is 17.0 Å². The van der Waals surface area contributed by atoms with E-state index in [0.29, 0.717) is 11.8 Å². The largest absolute Gasteiger partial charge is 0.484 e. The highest BCUT2D eigenvalue weighted by Gasteiger charge is 2.57. The third kappa shape index (κ3) is 6.14. The smallest absolute Gasteiger partial charge is 0.132 e. The summed E-state index contributed by atoms with van der Waals surface area (Å²) in [6.07, 6.45) is 56.4. The van der Waals surface area contributed by atoms with E-state index >= 15 is 0 Å². The van der Waals surface area contributed by atoms with E-state index < -0.39 is 0 Å². The lowest BCUT2D eigenvalue weighted by atomic mass is 9.64. The zero-order valence-electron chi connectivity index (χ0n) is 38.3. The van der Waals surface area contributed by atoms with Crippen LogP contribution in [-0.2, 0) is 5.41 Å². The van der Waals surface area contributed by atoms with Crippen molar-refractivity contribution >= 4 is 0 Å². The summed E-state index contributed by atoms with van der Waals surface area (Å²) in [5.74, 6) is 2.02. The first-order valence-corrected chi connectivity index (χ1v) is 25.4. The molecule has 10 aliphatic carbocycles. The predicted octanol–water partition coefficient (Wildman–Crippen LogP) is 15.6. The van der Waals surface area contributed by atoms with Gasteiger partial charge in [0.2, 0.25) is 0 Å². The molecule has 0 N–H and O–H groups in total. The number of fused-ring (bicyclic) bond motifs is 11. The van der Waals surface area contributed by atoms with Crippen LogP contribution in [0.5, 0.6) is 5.75 Å². The molecule has 328 valence electrons. The molecule has 0 saturated carbocycles. The Morgan fingerprint density at radius 2 is 1.49 bits per heavy atom. The molecule has 11 aliphatic rings. The SMILES string of the molecule is C1=CCC2C(=C1)C1(C3=C(C=CCC3)C3=C1CC(N(C1=CCC(C4=CC5c6cccc(-c7ccccc7)c6OC5C=C4)C=C1)C1=CC=C(C4=CC5=C(C=CCC5)CC4)CC1)C=C3)c1ccccc12. The van der Waals surface area contributed by atoms with Crippen molar-refractivity contribution in [1.82, 2.24) is 4.90 Å². The van der Waals surface area contributed by atoms with Gasteiger partial charge in [-0.25, -0.2) is 0 Å². The van der Waals surface area contributed by atoms with E-state index in [-0.39, 0.29) is 23.5 Å². The summed E-state index contributed by atoms with van der Waals surface area (Å²) in [5.41, 5.74) is 24.9. The Kier molecular flexibility index (Phi) is 9.28. The summed E-state index contributed by atoms with van der Waals surface area (Å²) >= 11 is 0. The van der Waals surface area contributed by atoms with Crippen molar-refractivity contribution in [1.29, 1.82) is 0 Å². The first-order chi connectivity index (χ1) is 33.2. The molecule has 3 aromatic carbocycles. The van der Waals surface area contributed by atoms with Crippen molar-refractivity contribution in [2.24, 2.45) is 5.92 Å². The van der Waals surface area contributed by atoms with E-state index in [2.05, 4.69) is 187 Å². The van der Waals surface area contributed by atoms with Gasteiger partial charge in [-0.3, -0.25) is 0 Å². The van der Waals surface area contributed by atoms with Crippen LogP contribution in [0.2, 0.25) is 0 Å². The van der Waals surface area contributed by atoms with Crippen molar-refractivity contribution in [3.8, 4) is 16.9 Å². The van der Waals surface area contributed by atoms with Gasteiger partial charge in [-0.2, -0.15) is 0 Å². The van der Waals surface area contributed by atoms with Crippen molar-refractivity contribution in [2.75, 3.05) is 0 Å². The fourth-order valence-corrected chi connectivity index (χ4v) is 14.1. The topological polar surface area (TPSA) is 12.5 Å². The van der Waals surface area contributed by atoms with Gasteiger partial charge in [-0.1, -0.05) is 164 Å². The summed E-state index contributed by atoms with van der Waals surface area (Å²) in [6.45, 7) is 0. The van der Waals surface area contributed by atoms with E-state index in [1.165, 1.54) is 69.6 Å². The Morgan fingerprint density at radius 1 is 0.627 bits per heavy atom. The molecule has 0 saturated heterocycles. The number of benzene rings is 3. The molecule has 67 heavy (non-hydrogen) atoms. The maximum absolute atomic E-state index is 6.72. The molecule has 0 aromatic heterocycles. The van der Waals surface area contributed by atoms with E-state index in [0.717, 1.165) is 57.1 Å². The highest BCUT2D eigenvalue weighted by molar-refractivity contribution is 5.79. The van der Waals surface area contributed by atoms with Gasteiger partial charge in [-0.05, 0) is 161 Å². The molecule has 0 radical (unpaired) electrons.